The molecular weight excluding hydrogens is 335 g/mol. The van der Waals surface area contributed by atoms with Crippen molar-refractivity contribution in [3.8, 4) is 0 Å². The molecule has 0 saturated carbocycles. The number of alkyl halides is 3. The second-order valence-corrected chi connectivity index (χ2v) is 5.75. The van der Waals surface area contributed by atoms with E-state index in [0.717, 1.165) is 12.5 Å². The molecule has 0 radical (unpaired) electrons. The van der Waals surface area contributed by atoms with Crippen LogP contribution >= 0.6 is 15.9 Å². The van der Waals surface area contributed by atoms with Crippen LogP contribution in [-0.4, -0.2) is 19.8 Å². The van der Waals surface area contributed by atoms with Crippen molar-refractivity contribution in [2.75, 3.05) is 19.8 Å². The van der Waals surface area contributed by atoms with Gasteiger partial charge in [-0.25, -0.2) is 0 Å². The van der Waals surface area contributed by atoms with Crippen molar-refractivity contribution < 1.29 is 17.9 Å². The summed E-state index contributed by atoms with van der Waals surface area (Å²) >= 11 is 3.37. The molecule has 1 heterocycles. The maximum Gasteiger partial charge on any atom is 0.416 e. The second-order valence-electron chi connectivity index (χ2n) is 4.89. The Hall–Kier alpha value is -0.590. The third-order valence-corrected chi connectivity index (χ3v) is 4.24. The summed E-state index contributed by atoms with van der Waals surface area (Å²) in [7, 11) is 0. The molecule has 0 aliphatic carbocycles. The van der Waals surface area contributed by atoms with Crippen LogP contribution in [0.2, 0.25) is 0 Å². The van der Waals surface area contributed by atoms with E-state index in [4.69, 9.17) is 4.74 Å². The Labute approximate surface area is 124 Å². The van der Waals surface area contributed by atoms with Crippen LogP contribution in [0, 0.1) is 5.92 Å². The molecule has 1 fully saturated rings. The van der Waals surface area contributed by atoms with E-state index in [1.54, 1.807) is 0 Å². The van der Waals surface area contributed by atoms with Gasteiger partial charge >= 0.3 is 6.18 Å². The fraction of sp³-hybridized carbons (Fsp3) is 0.571. The molecule has 1 saturated heterocycles. The van der Waals surface area contributed by atoms with Gasteiger partial charge in [-0.2, -0.15) is 13.2 Å². The molecule has 0 aromatic heterocycles. The summed E-state index contributed by atoms with van der Waals surface area (Å²) in [6, 6.07) is 3.68. The molecular formula is C14H17BrF3NO. The van der Waals surface area contributed by atoms with Gasteiger partial charge in [0.2, 0.25) is 0 Å². The summed E-state index contributed by atoms with van der Waals surface area (Å²) in [5.74, 6) is 0.203. The second kappa shape index (κ2) is 6.45. The van der Waals surface area contributed by atoms with Crippen LogP contribution in [0.5, 0.6) is 0 Å². The molecule has 1 N–H and O–H groups in total. The molecule has 2 atom stereocenters. The number of benzene rings is 1. The van der Waals surface area contributed by atoms with Gasteiger partial charge in [0.05, 0.1) is 12.2 Å². The highest BCUT2D eigenvalue weighted by Crippen LogP contribution is 2.37. The zero-order chi connectivity index (χ0) is 14.8. The molecule has 1 aromatic rings. The molecule has 20 heavy (non-hydrogen) atoms. The summed E-state index contributed by atoms with van der Waals surface area (Å²) < 4.78 is 44.7. The lowest BCUT2D eigenvalue weighted by Gasteiger charge is -2.25. The van der Waals surface area contributed by atoms with Crippen molar-refractivity contribution >= 4 is 15.9 Å². The Morgan fingerprint density at radius 2 is 2.20 bits per heavy atom. The van der Waals surface area contributed by atoms with Crippen LogP contribution in [0.3, 0.4) is 0 Å². The van der Waals surface area contributed by atoms with Gasteiger partial charge < -0.3 is 10.1 Å². The summed E-state index contributed by atoms with van der Waals surface area (Å²) in [5, 5.41) is 3.28. The number of ether oxygens (including phenoxy) is 1. The Kier molecular flexibility index (Phi) is 5.09. The van der Waals surface area contributed by atoms with E-state index >= 15 is 0 Å². The average Bonchev–Trinajstić information content (AvgIpc) is 2.89. The standard InChI is InChI=1S/C14H17BrF3NO/c1-2-19-13(9-5-6-20-8-9)11-7-10(14(16,17)18)3-4-12(11)15/h3-4,7,9,13,19H,2,5-6,8H2,1H3. The van der Waals surface area contributed by atoms with Crippen LogP contribution in [-0.2, 0) is 10.9 Å². The zero-order valence-electron chi connectivity index (χ0n) is 11.1. The smallest absolute Gasteiger partial charge is 0.381 e. The van der Waals surface area contributed by atoms with E-state index < -0.39 is 11.7 Å². The first-order valence-corrected chi connectivity index (χ1v) is 7.40. The van der Waals surface area contributed by atoms with E-state index in [1.807, 2.05) is 6.92 Å². The van der Waals surface area contributed by atoms with Crippen LogP contribution < -0.4 is 5.32 Å². The molecule has 112 valence electrons. The highest BCUT2D eigenvalue weighted by atomic mass is 79.9. The molecule has 0 bridgehead atoms. The third-order valence-electron chi connectivity index (χ3n) is 3.52. The quantitative estimate of drug-likeness (QED) is 0.879. The van der Waals surface area contributed by atoms with Crippen molar-refractivity contribution in [2.45, 2.75) is 25.6 Å². The van der Waals surface area contributed by atoms with Gasteiger partial charge in [-0.15, -0.1) is 0 Å². The fourth-order valence-corrected chi connectivity index (χ4v) is 3.02. The lowest BCUT2D eigenvalue weighted by Crippen LogP contribution is -2.29. The van der Waals surface area contributed by atoms with Gasteiger partial charge in [0.15, 0.2) is 0 Å². The molecule has 2 rings (SSSR count). The van der Waals surface area contributed by atoms with Gasteiger partial charge in [-0.1, -0.05) is 22.9 Å². The zero-order valence-corrected chi connectivity index (χ0v) is 12.7. The summed E-state index contributed by atoms with van der Waals surface area (Å²) in [4.78, 5) is 0. The van der Waals surface area contributed by atoms with Crippen molar-refractivity contribution in [3.63, 3.8) is 0 Å². The summed E-state index contributed by atoms with van der Waals surface area (Å²) in [5.41, 5.74) is 0.0368. The van der Waals surface area contributed by atoms with Crippen molar-refractivity contribution in [3.05, 3.63) is 33.8 Å². The Morgan fingerprint density at radius 1 is 1.45 bits per heavy atom. The van der Waals surface area contributed by atoms with Crippen LogP contribution in [0.15, 0.2) is 22.7 Å². The summed E-state index contributed by atoms with van der Waals surface area (Å²) in [6.45, 7) is 3.90. The monoisotopic (exact) mass is 351 g/mol. The Balaban J connectivity index is 2.36. The lowest BCUT2D eigenvalue weighted by atomic mass is 9.91. The van der Waals surface area contributed by atoms with Crippen molar-refractivity contribution in [2.24, 2.45) is 5.92 Å². The van der Waals surface area contributed by atoms with E-state index in [9.17, 15) is 13.2 Å². The van der Waals surface area contributed by atoms with E-state index in [1.165, 1.54) is 12.1 Å². The predicted molar refractivity (Wildman–Crippen MR) is 74.5 cm³/mol. The minimum Gasteiger partial charge on any atom is -0.381 e. The molecule has 1 aliphatic heterocycles. The molecule has 6 heteroatoms. The highest BCUT2D eigenvalue weighted by Gasteiger charge is 2.33. The van der Waals surface area contributed by atoms with Crippen molar-refractivity contribution in [1.29, 1.82) is 0 Å². The SMILES string of the molecule is CCNC(c1cc(C(F)(F)F)ccc1Br)C1CCOC1. The largest absolute Gasteiger partial charge is 0.416 e. The number of hydrogen-bond donors (Lipinski definition) is 1. The van der Waals surface area contributed by atoms with Gasteiger partial charge in [0, 0.05) is 23.0 Å². The van der Waals surface area contributed by atoms with Crippen LogP contribution in [0.1, 0.15) is 30.5 Å². The van der Waals surface area contributed by atoms with Crippen LogP contribution in [0.25, 0.3) is 0 Å². The highest BCUT2D eigenvalue weighted by molar-refractivity contribution is 9.10. The number of rotatable bonds is 4. The molecule has 0 amide bonds. The van der Waals surface area contributed by atoms with Crippen molar-refractivity contribution in [1.82, 2.24) is 5.32 Å². The van der Waals surface area contributed by atoms with Crippen LogP contribution in [0.4, 0.5) is 13.2 Å². The van der Waals surface area contributed by atoms with E-state index in [0.29, 0.717) is 29.8 Å². The average molecular weight is 352 g/mol. The lowest BCUT2D eigenvalue weighted by molar-refractivity contribution is -0.137. The maximum absolute atomic E-state index is 12.9. The van der Waals surface area contributed by atoms with Gasteiger partial charge in [0.25, 0.3) is 0 Å². The first kappa shape index (κ1) is 15.8. The first-order chi connectivity index (χ1) is 9.43. The molecule has 0 spiro atoms. The maximum atomic E-state index is 12.9. The Bertz CT molecular complexity index is 458. The fourth-order valence-electron chi connectivity index (χ4n) is 2.52. The van der Waals surface area contributed by atoms with Gasteiger partial charge in [-0.3, -0.25) is 0 Å². The number of nitrogens with one attached hydrogen (secondary N) is 1. The normalized spacial score (nSPS) is 21.1. The van der Waals surface area contributed by atoms with E-state index in [-0.39, 0.29) is 12.0 Å². The topological polar surface area (TPSA) is 21.3 Å². The molecule has 1 aliphatic rings. The molecule has 2 nitrogen and oxygen atoms in total. The molecule has 2 unspecified atom stereocenters. The number of halogens is 4. The predicted octanol–water partition coefficient (Wildman–Crippen LogP) is 4.16. The van der Waals surface area contributed by atoms with E-state index in [2.05, 4.69) is 21.2 Å². The minimum absolute atomic E-state index is 0.126. The molecule has 1 aromatic carbocycles. The van der Waals surface area contributed by atoms with Gasteiger partial charge in [-0.05, 0) is 36.7 Å². The first-order valence-electron chi connectivity index (χ1n) is 6.61. The van der Waals surface area contributed by atoms with Gasteiger partial charge in [0.1, 0.15) is 0 Å². The minimum atomic E-state index is -4.32. The number of hydrogen-bond acceptors (Lipinski definition) is 2. The Morgan fingerprint density at radius 3 is 2.75 bits per heavy atom. The third kappa shape index (κ3) is 3.54. The summed E-state index contributed by atoms with van der Waals surface area (Å²) in [6.07, 6.45) is -3.46.